The Morgan fingerprint density at radius 2 is 1.73 bits per heavy atom. The van der Waals surface area contributed by atoms with Crippen molar-refractivity contribution in [3.8, 4) is 0 Å². The Balaban J connectivity index is 1.48. The van der Waals surface area contributed by atoms with E-state index in [4.69, 9.17) is 0 Å². The molecule has 0 radical (unpaired) electrons. The van der Waals surface area contributed by atoms with Crippen molar-refractivity contribution in [1.82, 2.24) is 10.2 Å². The summed E-state index contributed by atoms with van der Waals surface area (Å²) < 4.78 is 13.0. The van der Waals surface area contributed by atoms with Crippen molar-refractivity contribution in [3.63, 3.8) is 0 Å². The third kappa shape index (κ3) is 3.77. The molecule has 0 bridgehead atoms. The van der Waals surface area contributed by atoms with Gasteiger partial charge in [0.25, 0.3) is 0 Å². The van der Waals surface area contributed by atoms with Gasteiger partial charge < -0.3 is 15.1 Å². The average molecular weight is 305 g/mol. The molecule has 2 saturated heterocycles. The van der Waals surface area contributed by atoms with Crippen LogP contribution in [0.5, 0.6) is 0 Å². The number of halogens is 1. The number of nitrogens with zero attached hydrogens (tertiary/aromatic N) is 2. The molecule has 0 spiro atoms. The van der Waals surface area contributed by atoms with Crippen LogP contribution in [0.15, 0.2) is 24.3 Å². The predicted molar refractivity (Wildman–Crippen MR) is 85.4 cm³/mol. The fraction of sp³-hybridized carbons (Fsp3) is 0.588. The lowest BCUT2D eigenvalue weighted by atomic mass is 9.94. The third-order valence-corrected chi connectivity index (χ3v) is 4.75. The lowest BCUT2D eigenvalue weighted by Gasteiger charge is -2.37. The number of amides is 1. The minimum absolute atomic E-state index is 0.209. The SMILES string of the molecule is O=C(CC1CCNCC1)N1CCN(c2ccc(F)cc2)CC1. The molecule has 2 fully saturated rings. The van der Waals surface area contributed by atoms with Gasteiger partial charge in [-0.15, -0.1) is 0 Å². The van der Waals surface area contributed by atoms with E-state index in [0.717, 1.165) is 57.8 Å². The number of benzene rings is 1. The largest absolute Gasteiger partial charge is 0.368 e. The molecule has 2 aliphatic rings. The predicted octanol–water partition coefficient (Wildman–Crippen LogP) is 1.86. The van der Waals surface area contributed by atoms with Gasteiger partial charge in [-0.3, -0.25) is 4.79 Å². The Morgan fingerprint density at radius 3 is 2.36 bits per heavy atom. The lowest BCUT2D eigenvalue weighted by molar-refractivity contribution is -0.132. The Labute approximate surface area is 131 Å². The van der Waals surface area contributed by atoms with Gasteiger partial charge in [-0.1, -0.05) is 0 Å². The summed E-state index contributed by atoms with van der Waals surface area (Å²) in [6.07, 6.45) is 2.92. The van der Waals surface area contributed by atoms with Crippen molar-refractivity contribution in [2.45, 2.75) is 19.3 Å². The van der Waals surface area contributed by atoms with Crippen LogP contribution >= 0.6 is 0 Å². The number of carbonyl (C=O) groups is 1. The standard InChI is InChI=1S/C17H24FN3O/c18-15-1-3-16(4-2-15)20-9-11-21(12-10-20)17(22)13-14-5-7-19-8-6-14/h1-4,14,19H,5-13H2. The first-order valence-electron chi connectivity index (χ1n) is 8.21. The van der Waals surface area contributed by atoms with Gasteiger partial charge in [-0.25, -0.2) is 4.39 Å². The molecule has 2 aliphatic heterocycles. The number of rotatable bonds is 3. The van der Waals surface area contributed by atoms with Crippen LogP contribution in [0.3, 0.4) is 0 Å². The van der Waals surface area contributed by atoms with Gasteiger partial charge in [0, 0.05) is 38.3 Å². The fourth-order valence-electron chi connectivity index (χ4n) is 3.33. The number of carbonyl (C=O) groups excluding carboxylic acids is 1. The van der Waals surface area contributed by atoms with E-state index >= 15 is 0 Å². The molecule has 0 atom stereocenters. The molecule has 1 aromatic rings. The van der Waals surface area contributed by atoms with Gasteiger partial charge in [0.15, 0.2) is 0 Å². The van der Waals surface area contributed by atoms with Crippen molar-refractivity contribution in [3.05, 3.63) is 30.1 Å². The molecule has 1 aromatic carbocycles. The van der Waals surface area contributed by atoms with Crippen LogP contribution in [0.1, 0.15) is 19.3 Å². The van der Waals surface area contributed by atoms with E-state index in [1.165, 1.54) is 12.1 Å². The van der Waals surface area contributed by atoms with Crippen molar-refractivity contribution in [1.29, 1.82) is 0 Å². The molecule has 0 unspecified atom stereocenters. The third-order valence-electron chi connectivity index (χ3n) is 4.75. The second-order valence-corrected chi connectivity index (χ2v) is 6.24. The topological polar surface area (TPSA) is 35.6 Å². The minimum Gasteiger partial charge on any atom is -0.368 e. The van der Waals surface area contributed by atoms with E-state index in [-0.39, 0.29) is 5.82 Å². The molecular formula is C17H24FN3O. The Hall–Kier alpha value is -1.62. The zero-order chi connectivity index (χ0) is 15.4. The molecule has 0 saturated carbocycles. The molecule has 1 N–H and O–H groups in total. The zero-order valence-electron chi connectivity index (χ0n) is 12.9. The summed E-state index contributed by atoms with van der Waals surface area (Å²) in [5, 5.41) is 3.34. The number of nitrogens with one attached hydrogen (secondary N) is 1. The second-order valence-electron chi connectivity index (χ2n) is 6.24. The van der Waals surface area contributed by atoms with E-state index in [9.17, 15) is 9.18 Å². The summed E-state index contributed by atoms with van der Waals surface area (Å²) >= 11 is 0. The fourth-order valence-corrected chi connectivity index (χ4v) is 3.33. The van der Waals surface area contributed by atoms with Crippen molar-refractivity contribution in [2.75, 3.05) is 44.2 Å². The minimum atomic E-state index is -0.209. The molecule has 120 valence electrons. The van der Waals surface area contributed by atoms with Crippen LogP contribution in [0.25, 0.3) is 0 Å². The molecule has 3 rings (SSSR count). The Kier molecular flexibility index (Phi) is 4.93. The van der Waals surface area contributed by atoms with E-state index in [0.29, 0.717) is 18.2 Å². The summed E-state index contributed by atoms with van der Waals surface area (Å²) in [7, 11) is 0. The molecule has 0 aromatic heterocycles. The van der Waals surface area contributed by atoms with E-state index < -0.39 is 0 Å². The highest BCUT2D eigenvalue weighted by Gasteiger charge is 2.24. The highest BCUT2D eigenvalue weighted by Crippen LogP contribution is 2.20. The van der Waals surface area contributed by atoms with Crippen LogP contribution < -0.4 is 10.2 Å². The lowest BCUT2D eigenvalue weighted by Crippen LogP contribution is -2.49. The number of piperidine rings is 1. The van der Waals surface area contributed by atoms with Crippen LogP contribution in [0.4, 0.5) is 10.1 Å². The molecule has 22 heavy (non-hydrogen) atoms. The smallest absolute Gasteiger partial charge is 0.222 e. The van der Waals surface area contributed by atoms with Crippen LogP contribution in [0, 0.1) is 11.7 Å². The maximum atomic E-state index is 13.0. The zero-order valence-corrected chi connectivity index (χ0v) is 12.9. The summed E-state index contributed by atoms with van der Waals surface area (Å²) in [6.45, 7) is 5.25. The normalized spacial score (nSPS) is 20.2. The van der Waals surface area contributed by atoms with Crippen LogP contribution in [0.2, 0.25) is 0 Å². The Morgan fingerprint density at radius 1 is 1.09 bits per heavy atom. The van der Waals surface area contributed by atoms with E-state index in [1.54, 1.807) is 0 Å². The summed E-state index contributed by atoms with van der Waals surface area (Å²) in [6, 6.07) is 6.59. The van der Waals surface area contributed by atoms with Gasteiger partial charge in [-0.05, 0) is 56.1 Å². The molecule has 4 nitrogen and oxygen atoms in total. The quantitative estimate of drug-likeness (QED) is 0.926. The first kappa shape index (κ1) is 15.3. The number of hydrogen-bond donors (Lipinski definition) is 1. The van der Waals surface area contributed by atoms with E-state index in [1.807, 2.05) is 17.0 Å². The van der Waals surface area contributed by atoms with Crippen LogP contribution in [-0.4, -0.2) is 50.1 Å². The first-order chi connectivity index (χ1) is 10.7. The van der Waals surface area contributed by atoms with Crippen molar-refractivity contribution in [2.24, 2.45) is 5.92 Å². The van der Waals surface area contributed by atoms with E-state index in [2.05, 4.69) is 10.2 Å². The maximum absolute atomic E-state index is 13.0. The maximum Gasteiger partial charge on any atom is 0.222 e. The Bertz CT molecular complexity index is 491. The van der Waals surface area contributed by atoms with Gasteiger partial charge in [-0.2, -0.15) is 0 Å². The average Bonchev–Trinajstić information content (AvgIpc) is 2.57. The molecule has 5 heteroatoms. The van der Waals surface area contributed by atoms with Crippen LogP contribution in [-0.2, 0) is 4.79 Å². The van der Waals surface area contributed by atoms with Gasteiger partial charge in [0.2, 0.25) is 5.91 Å². The summed E-state index contributed by atoms with van der Waals surface area (Å²) in [5.41, 5.74) is 1.03. The highest BCUT2D eigenvalue weighted by atomic mass is 19.1. The summed E-state index contributed by atoms with van der Waals surface area (Å²) in [4.78, 5) is 16.6. The molecule has 1 amide bonds. The monoisotopic (exact) mass is 305 g/mol. The van der Waals surface area contributed by atoms with Gasteiger partial charge in [0.1, 0.15) is 5.82 Å². The number of hydrogen-bond acceptors (Lipinski definition) is 3. The van der Waals surface area contributed by atoms with Crippen molar-refractivity contribution < 1.29 is 9.18 Å². The van der Waals surface area contributed by atoms with Crippen molar-refractivity contribution >= 4 is 11.6 Å². The number of anilines is 1. The highest BCUT2D eigenvalue weighted by molar-refractivity contribution is 5.76. The first-order valence-corrected chi connectivity index (χ1v) is 8.21. The summed E-state index contributed by atoms with van der Waals surface area (Å²) in [5.74, 6) is 0.633. The van der Waals surface area contributed by atoms with Gasteiger partial charge in [0.05, 0.1) is 0 Å². The second kappa shape index (κ2) is 7.09. The molecule has 0 aliphatic carbocycles. The molecule has 2 heterocycles. The van der Waals surface area contributed by atoms with Gasteiger partial charge >= 0.3 is 0 Å². The number of piperazine rings is 1. The molecular weight excluding hydrogens is 281 g/mol.